The molecule has 1 aromatic rings. The van der Waals surface area contributed by atoms with Crippen LogP contribution in [0.1, 0.15) is 37.9 Å². The van der Waals surface area contributed by atoms with E-state index in [2.05, 4.69) is 12.2 Å². The fourth-order valence-electron chi connectivity index (χ4n) is 2.42. The highest BCUT2D eigenvalue weighted by Crippen LogP contribution is 2.28. The van der Waals surface area contributed by atoms with E-state index in [9.17, 15) is 19.1 Å². The minimum atomic E-state index is -1.26. The molecule has 1 fully saturated rings. The van der Waals surface area contributed by atoms with Crippen LogP contribution in [0, 0.1) is 5.82 Å². The molecule has 0 aromatic heterocycles. The van der Waals surface area contributed by atoms with Gasteiger partial charge in [0.2, 0.25) is 0 Å². The third kappa shape index (κ3) is 6.89. The Morgan fingerprint density at radius 1 is 1.33 bits per heavy atom. The number of aliphatic hydroxyl groups excluding tert-OH is 1. The summed E-state index contributed by atoms with van der Waals surface area (Å²) in [4.78, 5) is 19.1. The molecule has 1 aliphatic rings. The van der Waals surface area contributed by atoms with Gasteiger partial charge in [-0.2, -0.15) is 0 Å². The van der Waals surface area contributed by atoms with Crippen molar-refractivity contribution in [1.29, 1.82) is 0 Å². The molecule has 0 radical (unpaired) electrons. The Balaban J connectivity index is 0.000000307. The maximum Gasteiger partial charge on any atom is 0.328 e. The summed E-state index contributed by atoms with van der Waals surface area (Å²) < 4.78 is 13.0. The van der Waals surface area contributed by atoms with Crippen molar-refractivity contribution in [3.63, 3.8) is 0 Å². The molecule has 0 amide bonds. The smallest absolute Gasteiger partial charge is 0.328 e. The fraction of sp³-hybridized carbons (Fsp3) is 0.412. The van der Waals surface area contributed by atoms with Crippen LogP contribution >= 0.6 is 0 Å². The van der Waals surface area contributed by atoms with Gasteiger partial charge < -0.3 is 20.6 Å². The summed E-state index contributed by atoms with van der Waals surface area (Å²) in [5.74, 6) is -2.80. The van der Waals surface area contributed by atoms with Crippen molar-refractivity contribution in [3.05, 3.63) is 47.8 Å². The number of aliphatic carboxylic acids is 2. The predicted molar refractivity (Wildman–Crippen MR) is 86.0 cm³/mol. The van der Waals surface area contributed by atoms with E-state index in [4.69, 9.17) is 10.2 Å². The number of carboxylic acids is 2. The second kappa shape index (κ2) is 9.79. The lowest BCUT2D eigenvalue weighted by molar-refractivity contribution is -0.134. The lowest BCUT2D eigenvalue weighted by Crippen LogP contribution is -2.55. The van der Waals surface area contributed by atoms with Gasteiger partial charge in [-0.25, -0.2) is 14.0 Å². The number of hydrogen-bond acceptors (Lipinski definition) is 4. The van der Waals surface area contributed by atoms with Gasteiger partial charge in [-0.3, -0.25) is 0 Å². The van der Waals surface area contributed by atoms with Crippen LogP contribution < -0.4 is 5.32 Å². The molecule has 1 aliphatic heterocycles. The Labute approximate surface area is 139 Å². The Bertz CT molecular complexity index is 568. The van der Waals surface area contributed by atoms with E-state index in [1.54, 1.807) is 12.1 Å². The molecule has 4 N–H and O–H groups in total. The minimum Gasteiger partial charge on any atom is -0.478 e. The Kier molecular flexibility index (Phi) is 8.08. The zero-order valence-electron chi connectivity index (χ0n) is 13.4. The normalized spacial score (nSPS) is 20.6. The largest absolute Gasteiger partial charge is 0.478 e. The van der Waals surface area contributed by atoms with E-state index in [-0.39, 0.29) is 11.9 Å². The molecule has 0 bridgehead atoms. The number of halogens is 1. The van der Waals surface area contributed by atoms with Gasteiger partial charge in [0, 0.05) is 24.2 Å². The SMILES string of the molecule is CCC[C@@H]1C[C@@H]([C@@H](O)c2cccc(F)c2)N1.O=C(O)/C=C\C(=O)O. The van der Waals surface area contributed by atoms with E-state index in [0.717, 1.165) is 19.3 Å². The topological polar surface area (TPSA) is 107 Å². The van der Waals surface area contributed by atoms with Crippen molar-refractivity contribution < 1.29 is 29.3 Å². The molecule has 0 spiro atoms. The molecule has 0 unspecified atom stereocenters. The summed E-state index contributed by atoms with van der Waals surface area (Å²) >= 11 is 0. The summed E-state index contributed by atoms with van der Waals surface area (Å²) in [6, 6.07) is 6.80. The summed E-state index contributed by atoms with van der Waals surface area (Å²) in [6.45, 7) is 2.15. The van der Waals surface area contributed by atoms with Gasteiger partial charge in [0.1, 0.15) is 5.82 Å². The molecule has 0 saturated carbocycles. The molecule has 132 valence electrons. The van der Waals surface area contributed by atoms with E-state index < -0.39 is 18.0 Å². The van der Waals surface area contributed by atoms with Crippen molar-refractivity contribution in [1.82, 2.24) is 5.32 Å². The number of aliphatic hydroxyl groups is 1. The van der Waals surface area contributed by atoms with Crippen molar-refractivity contribution >= 4 is 11.9 Å². The number of hydrogen-bond donors (Lipinski definition) is 4. The van der Waals surface area contributed by atoms with Crippen LogP contribution in [-0.2, 0) is 9.59 Å². The molecule has 6 nitrogen and oxygen atoms in total. The first-order valence-corrected chi connectivity index (χ1v) is 7.67. The molecule has 1 heterocycles. The van der Waals surface area contributed by atoms with Gasteiger partial charge in [-0.1, -0.05) is 25.5 Å². The molecule has 0 aliphatic carbocycles. The Morgan fingerprint density at radius 2 is 1.92 bits per heavy atom. The minimum absolute atomic E-state index is 0.0818. The van der Waals surface area contributed by atoms with Gasteiger partial charge >= 0.3 is 11.9 Å². The van der Waals surface area contributed by atoms with Crippen LogP contribution in [0.3, 0.4) is 0 Å². The molecule has 24 heavy (non-hydrogen) atoms. The average molecular weight is 339 g/mol. The van der Waals surface area contributed by atoms with Crippen molar-refractivity contribution in [2.75, 3.05) is 0 Å². The molecule has 1 aromatic carbocycles. The lowest BCUT2D eigenvalue weighted by Gasteiger charge is -2.40. The number of nitrogens with one attached hydrogen (secondary N) is 1. The average Bonchev–Trinajstić information content (AvgIpc) is 2.48. The highest BCUT2D eigenvalue weighted by molar-refractivity contribution is 5.89. The molecule has 3 atom stereocenters. The van der Waals surface area contributed by atoms with Crippen LogP contribution in [-0.4, -0.2) is 39.3 Å². The maximum atomic E-state index is 13.0. The quantitative estimate of drug-likeness (QED) is 0.591. The third-order valence-electron chi connectivity index (χ3n) is 3.57. The van der Waals surface area contributed by atoms with Gasteiger partial charge in [0.05, 0.1) is 6.10 Å². The predicted octanol–water partition coefficient (Wildman–Crippen LogP) is 2.10. The van der Waals surface area contributed by atoms with Crippen LogP contribution in [0.5, 0.6) is 0 Å². The van der Waals surface area contributed by atoms with Gasteiger partial charge in [0.15, 0.2) is 0 Å². The first-order chi connectivity index (χ1) is 11.3. The summed E-state index contributed by atoms with van der Waals surface area (Å²) in [7, 11) is 0. The lowest BCUT2D eigenvalue weighted by atomic mass is 9.87. The molecule has 7 heteroatoms. The second-order valence-corrected chi connectivity index (χ2v) is 5.50. The fourth-order valence-corrected chi connectivity index (χ4v) is 2.42. The van der Waals surface area contributed by atoms with E-state index >= 15 is 0 Å². The van der Waals surface area contributed by atoms with Crippen LogP contribution in [0.15, 0.2) is 36.4 Å². The summed E-state index contributed by atoms with van der Waals surface area (Å²) in [6.07, 6.45) is 3.80. The summed E-state index contributed by atoms with van der Waals surface area (Å²) in [5.41, 5.74) is 0.660. The first-order valence-electron chi connectivity index (χ1n) is 7.67. The van der Waals surface area contributed by atoms with E-state index in [0.29, 0.717) is 23.8 Å². The zero-order chi connectivity index (χ0) is 18.1. The highest BCUT2D eigenvalue weighted by Gasteiger charge is 2.33. The Morgan fingerprint density at radius 3 is 2.38 bits per heavy atom. The van der Waals surface area contributed by atoms with Gasteiger partial charge in [-0.05, 0) is 30.5 Å². The van der Waals surface area contributed by atoms with Crippen molar-refractivity contribution in [2.45, 2.75) is 44.4 Å². The number of carbonyl (C=O) groups is 2. The third-order valence-corrected chi connectivity index (χ3v) is 3.57. The standard InChI is InChI=1S/C13H18FNO.C4H4O4/c1-2-4-11-8-12(15-11)13(16)9-5-3-6-10(14)7-9;5-3(6)1-2-4(7)8/h3,5-7,11-13,15-16H,2,4,8H2,1H3;1-2H,(H,5,6)(H,7,8)/b;2-1-/t11-,12+,13+;/m1./s1. The summed E-state index contributed by atoms with van der Waals surface area (Å²) in [5, 5.41) is 29.0. The van der Waals surface area contributed by atoms with Crippen molar-refractivity contribution in [2.24, 2.45) is 0 Å². The molecular formula is C17H22FNO5. The maximum absolute atomic E-state index is 13.0. The monoisotopic (exact) mass is 339 g/mol. The van der Waals surface area contributed by atoms with Gasteiger partial charge in [0.25, 0.3) is 0 Å². The molecular weight excluding hydrogens is 317 g/mol. The molecule has 1 saturated heterocycles. The van der Waals surface area contributed by atoms with E-state index in [1.807, 2.05) is 0 Å². The number of carboxylic acid groups (broad SMARTS) is 2. The van der Waals surface area contributed by atoms with Crippen LogP contribution in [0.25, 0.3) is 0 Å². The first kappa shape index (κ1) is 19.8. The zero-order valence-corrected chi connectivity index (χ0v) is 13.4. The van der Waals surface area contributed by atoms with Crippen molar-refractivity contribution in [3.8, 4) is 0 Å². The second-order valence-electron chi connectivity index (χ2n) is 5.50. The highest BCUT2D eigenvalue weighted by atomic mass is 19.1. The van der Waals surface area contributed by atoms with Crippen LogP contribution in [0.2, 0.25) is 0 Å². The number of rotatable bonds is 6. The number of benzene rings is 1. The van der Waals surface area contributed by atoms with Gasteiger partial charge in [-0.15, -0.1) is 0 Å². The Hall–Kier alpha value is -2.25. The molecule has 2 rings (SSSR count). The van der Waals surface area contributed by atoms with E-state index in [1.165, 1.54) is 12.1 Å². The van der Waals surface area contributed by atoms with Crippen LogP contribution in [0.4, 0.5) is 4.39 Å².